The lowest BCUT2D eigenvalue weighted by Gasteiger charge is -2.11. The molecule has 0 amide bonds. The standard InChI is InChI=1S/C18H14FN3O2S/c19-12-5-3-11(4-6-12)13-9-25-18-16(13)17(21-10-22-18)20-8-14(23)15-2-1-7-24-15/h1-7,9-10,14,23H,8H2,(H,20,21,22)/t14-/m1/s1. The van der Waals surface area contributed by atoms with E-state index < -0.39 is 6.10 Å². The molecule has 0 fully saturated rings. The summed E-state index contributed by atoms with van der Waals surface area (Å²) in [7, 11) is 0. The predicted octanol–water partition coefficient (Wildman–Crippen LogP) is 4.24. The van der Waals surface area contributed by atoms with Crippen molar-refractivity contribution in [2.75, 3.05) is 11.9 Å². The van der Waals surface area contributed by atoms with Crippen molar-refractivity contribution in [2.24, 2.45) is 0 Å². The molecule has 4 rings (SSSR count). The molecule has 0 aliphatic rings. The van der Waals surface area contributed by atoms with Crippen molar-refractivity contribution in [3.8, 4) is 11.1 Å². The molecule has 0 saturated carbocycles. The maximum absolute atomic E-state index is 13.2. The number of benzene rings is 1. The summed E-state index contributed by atoms with van der Waals surface area (Å²) in [6, 6.07) is 9.76. The normalized spacial score (nSPS) is 12.4. The lowest BCUT2D eigenvalue weighted by atomic mass is 10.1. The van der Waals surface area contributed by atoms with Gasteiger partial charge in [0.15, 0.2) is 0 Å². The number of hydrogen-bond acceptors (Lipinski definition) is 6. The number of hydrogen-bond donors (Lipinski definition) is 2. The molecule has 0 spiro atoms. The maximum atomic E-state index is 13.2. The van der Waals surface area contributed by atoms with E-state index in [1.54, 1.807) is 24.3 Å². The van der Waals surface area contributed by atoms with Crippen LogP contribution in [-0.2, 0) is 0 Å². The quantitative estimate of drug-likeness (QED) is 0.560. The van der Waals surface area contributed by atoms with E-state index in [1.807, 2.05) is 5.38 Å². The van der Waals surface area contributed by atoms with Gasteiger partial charge in [0.25, 0.3) is 0 Å². The first-order valence-corrected chi connectivity index (χ1v) is 8.54. The second kappa shape index (κ2) is 6.62. The summed E-state index contributed by atoms with van der Waals surface area (Å²) < 4.78 is 18.4. The molecule has 2 N–H and O–H groups in total. The van der Waals surface area contributed by atoms with Crippen LogP contribution in [0.15, 0.2) is 58.8 Å². The summed E-state index contributed by atoms with van der Waals surface area (Å²) in [6.07, 6.45) is 2.22. The Balaban J connectivity index is 1.67. The first kappa shape index (κ1) is 15.7. The van der Waals surface area contributed by atoms with Crippen molar-refractivity contribution in [1.82, 2.24) is 9.97 Å². The molecule has 0 unspecified atom stereocenters. The molecule has 1 atom stereocenters. The molecule has 3 heterocycles. The summed E-state index contributed by atoms with van der Waals surface area (Å²) in [4.78, 5) is 9.42. The number of furan rings is 1. The first-order valence-electron chi connectivity index (χ1n) is 7.66. The number of thiophene rings is 1. The zero-order chi connectivity index (χ0) is 17.2. The molecule has 7 heteroatoms. The van der Waals surface area contributed by atoms with Crippen LogP contribution in [0.4, 0.5) is 10.2 Å². The first-order chi connectivity index (χ1) is 12.2. The second-order valence-corrected chi connectivity index (χ2v) is 6.33. The molecule has 1 aromatic carbocycles. The van der Waals surface area contributed by atoms with Crippen molar-refractivity contribution in [2.45, 2.75) is 6.10 Å². The molecule has 25 heavy (non-hydrogen) atoms. The smallest absolute Gasteiger partial charge is 0.138 e. The molecule has 0 aliphatic heterocycles. The van der Waals surface area contributed by atoms with Crippen LogP contribution < -0.4 is 5.32 Å². The van der Waals surface area contributed by atoms with Gasteiger partial charge < -0.3 is 14.8 Å². The zero-order valence-corrected chi connectivity index (χ0v) is 13.8. The highest BCUT2D eigenvalue weighted by Crippen LogP contribution is 2.36. The summed E-state index contributed by atoms with van der Waals surface area (Å²) in [6.45, 7) is 0.248. The fourth-order valence-electron chi connectivity index (χ4n) is 2.63. The summed E-state index contributed by atoms with van der Waals surface area (Å²) in [5.41, 5.74) is 1.81. The molecular formula is C18H14FN3O2S. The number of fused-ring (bicyclic) bond motifs is 1. The van der Waals surface area contributed by atoms with Crippen LogP contribution in [0.1, 0.15) is 11.9 Å². The van der Waals surface area contributed by atoms with Crippen molar-refractivity contribution >= 4 is 27.4 Å². The Kier molecular flexibility index (Phi) is 4.17. The van der Waals surface area contributed by atoms with Crippen LogP contribution in [0, 0.1) is 5.82 Å². The van der Waals surface area contributed by atoms with E-state index in [9.17, 15) is 9.50 Å². The molecule has 0 bridgehead atoms. The van der Waals surface area contributed by atoms with Gasteiger partial charge in [0, 0.05) is 17.5 Å². The highest BCUT2D eigenvalue weighted by atomic mass is 32.1. The number of nitrogens with zero attached hydrogens (tertiary/aromatic N) is 2. The summed E-state index contributed by atoms with van der Waals surface area (Å²) in [5.74, 6) is 0.831. The van der Waals surface area contributed by atoms with Crippen LogP contribution in [-0.4, -0.2) is 21.6 Å². The van der Waals surface area contributed by atoms with E-state index in [4.69, 9.17) is 4.42 Å². The average molecular weight is 355 g/mol. The minimum atomic E-state index is -0.784. The Morgan fingerprint density at radius 3 is 2.80 bits per heavy atom. The largest absolute Gasteiger partial charge is 0.467 e. The molecule has 3 aromatic heterocycles. The Morgan fingerprint density at radius 2 is 2.04 bits per heavy atom. The fraction of sp³-hybridized carbons (Fsp3) is 0.111. The van der Waals surface area contributed by atoms with Crippen molar-refractivity contribution < 1.29 is 13.9 Å². The molecule has 5 nitrogen and oxygen atoms in total. The number of aromatic nitrogens is 2. The number of rotatable bonds is 5. The van der Waals surface area contributed by atoms with E-state index in [0.29, 0.717) is 11.6 Å². The van der Waals surface area contributed by atoms with Crippen LogP contribution in [0.2, 0.25) is 0 Å². The SMILES string of the molecule is O[C@H](CNc1ncnc2scc(-c3ccc(F)cc3)c12)c1ccco1. The topological polar surface area (TPSA) is 71.2 Å². The van der Waals surface area contributed by atoms with Crippen LogP contribution in [0.25, 0.3) is 21.3 Å². The number of halogens is 1. The van der Waals surface area contributed by atoms with Gasteiger partial charge in [0.2, 0.25) is 0 Å². The molecule has 126 valence electrons. The number of aliphatic hydroxyl groups excluding tert-OH is 1. The monoisotopic (exact) mass is 355 g/mol. The summed E-state index contributed by atoms with van der Waals surface area (Å²) in [5, 5.41) is 16.2. The maximum Gasteiger partial charge on any atom is 0.138 e. The number of anilines is 1. The Hall–Kier alpha value is -2.77. The zero-order valence-electron chi connectivity index (χ0n) is 13.0. The van der Waals surface area contributed by atoms with Gasteiger partial charge in [0.1, 0.15) is 34.7 Å². The lowest BCUT2D eigenvalue weighted by Crippen LogP contribution is -2.12. The minimum absolute atomic E-state index is 0.248. The van der Waals surface area contributed by atoms with E-state index in [0.717, 1.165) is 21.3 Å². The third kappa shape index (κ3) is 3.11. The van der Waals surface area contributed by atoms with Gasteiger partial charge in [-0.2, -0.15) is 0 Å². The lowest BCUT2D eigenvalue weighted by molar-refractivity contribution is 0.162. The molecule has 4 aromatic rings. The molecule has 0 saturated heterocycles. The van der Waals surface area contributed by atoms with Gasteiger partial charge in [-0.15, -0.1) is 11.3 Å². The van der Waals surface area contributed by atoms with Crippen molar-refractivity contribution in [1.29, 1.82) is 0 Å². The second-order valence-electron chi connectivity index (χ2n) is 5.47. The molecular weight excluding hydrogens is 341 g/mol. The van der Waals surface area contributed by atoms with Gasteiger partial charge in [-0.25, -0.2) is 14.4 Å². The van der Waals surface area contributed by atoms with E-state index >= 15 is 0 Å². The molecule has 0 aliphatic carbocycles. The third-order valence-corrected chi connectivity index (χ3v) is 4.75. The Labute approximate surface area is 146 Å². The highest BCUT2D eigenvalue weighted by molar-refractivity contribution is 7.17. The van der Waals surface area contributed by atoms with Crippen molar-refractivity contribution in [3.05, 3.63) is 65.9 Å². The average Bonchev–Trinajstić information content (AvgIpc) is 3.30. The van der Waals surface area contributed by atoms with Crippen LogP contribution in [0.3, 0.4) is 0 Å². The van der Waals surface area contributed by atoms with Gasteiger partial charge in [-0.05, 0) is 29.8 Å². The minimum Gasteiger partial charge on any atom is -0.467 e. The van der Waals surface area contributed by atoms with Gasteiger partial charge in [-0.3, -0.25) is 0 Å². The highest BCUT2D eigenvalue weighted by Gasteiger charge is 2.15. The number of nitrogens with one attached hydrogen (secondary N) is 1. The number of aliphatic hydroxyl groups is 1. The Morgan fingerprint density at radius 1 is 1.20 bits per heavy atom. The van der Waals surface area contributed by atoms with Gasteiger partial charge >= 0.3 is 0 Å². The van der Waals surface area contributed by atoms with Crippen molar-refractivity contribution in [3.63, 3.8) is 0 Å². The predicted molar refractivity (Wildman–Crippen MR) is 95.0 cm³/mol. The van der Waals surface area contributed by atoms with E-state index in [2.05, 4.69) is 15.3 Å². The Bertz CT molecular complexity index is 983. The van der Waals surface area contributed by atoms with E-state index in [1.165, 1.54) is 36.1 Å². The van der Waals surface area contributed by atoms with Crippen LogP contribution in [0.5, 0.6) is 0 Å². The summed E-state index contributed by atoms with van der Waals surface area (Å²) >= 11 is 1.49. The van der Waals surface area contributed by atoms with Gasteiger partial charge in [0.05, 0.1) is 11.6 Å². The third-order valence-electron chi connectivity index (χ3n) is 3.86. The van der Waals surface area contributed by atoms with Gasteiger partial charge in [-0.1, -0.05) is 12.1 Å². The molecule has 0 radical (unpaired) electrons. The van der Waals surface area contributed by atoms with Crippen LogP contribution >= 0.6 is 11.3 Å². The fourth-order valence-corrected chi connectivity index (χ4v) is 3.54. The van der Waals surface area contributed by atoms with E-state index in [-0.39, 0.29) is 12.4 Å².